The van der Waals surface area contributed by atoms with E-state index in [0.717, 1.165) is 19.3 Å². The van der Waals surface area contributed by atoms with Crippen LogP contribution in [0.4, 0.5) is 0 Å². The Morgan fingerprint density at radius 2 is 1.91 bits per heavy atom. The van der Waals surface area contributed by atoms with E-state index in [1.807, 2.05) is 0 Å². The standard InChI is InChI=1S/C16H17NO5/c18-14(10-1-2-12-13(7-10)22-9-21-12)17-5-3-16(4-6-17)8-11(16)15(19)20/h1-2,7,11H,3-6,8-9H2,(H,19,20). The molecule has 22 heavy (non-hydrogen) atoms. The zero-order valence-corrected chi connectivity index (χ0v) is 12.1. The van der Waals surface area contributed by atoms with Gasteiger partial charge in [-0.05, 0) is 42.9 Å². The molecule has 1 saturated carbocycles. The third kappa shape index (κ3) is 2.01. The summed E-state index contributed by atoms with van der Waals surface area (Å²) in [5.41, 5.74) is 0.531. The Balaban J connectivity index is 1.43. The number of ether oxygens (including phenoxy) is 2. The van der Waals surface area contributed by atoms with Crippen LogP contribution in [0.15, 0.2) is 18.2 Å². The van der Waals surface area contributed by atoms with Crippen molar-refractivity contribution in [1.82, 2.24) is 4.90 Å². The van der Waals surface area contributed by atoms with Gasteiger partial charge in [0.2, 0.25) is 6.79 Å². The summed E-state index contributed by atoms with van der Waals surface area (Å²) in [7, 11) is 0. The first kappa shape index (κ1) is 13.4. The predicted molar refractivity (Wildman–Crippen MR) is 75.9 cm³/mol. The lowest BCUT2D eigenvalue weighted by Crippen LogP contribution is -2.40. The number of carbonyl (C=O) groups excluding carboxylic acids is 1. The summed E-state index contributed by atoms with van der Waals surface area (Å²) >= 11 is 0. The number of benzene rings is 1. The van der Waals surface area contributed by atoms with Gasteiger partial charge >= 0.3 is 5.97 Å². The average molecular weight is 303 g/mol. The van der Waals surface area contributed by atoms with Gasteiger partial charge in [-0.1, -0.05) is 0 Å². The Labute approximate surface area is 127 Å². The van der Waals surface area contributed by atoms with Crippen LogP contribution in [0.1, 0.15) is 29.6 Å². The largest absolute Gasteiger partial charge is 0.481 e. The number of hydrogen-bond donors (Lipinski definition) is 1. The fraction of sp³-hybridized carbons (Fsp3) is 0.500. The van der Waals surface area contributed by atoms with Crippen molar-refractivity contribution in [1.29, 1.82) is 0 Å². The average Bonchev–Trinajstić information content (AvgIpc) is 3.03. The summed E-state index contributed by atoms with van der Waals surface area (Å²) in [6, 6.07) is 5.21. The Hall–Kier alpha value is -2.24. The quantitative estimate of drug-likeness (QED) is 0.900. The summed E-state index contributed by atoms with van der Waals surface area (Å²) in [6.45, 7) is 1.43. The zero-order chi connectivity index (χ0) is 15.3. The first-order chi connectivity index (χ1) is 10.6. The van der Waals surface area contributed by atoms with Crippen LogP contribution in [0.25, 0.3) is 0 Å². The molecule has 0 bridgehead atoms. The lowest BCUT2D eigenvalue weighted by Gasteiger charge is -2.32. The summed E-state index contributed by atoms with van der Waals surface area (Å²) < 4.78 is 10.5. The lowest BCUT2D eigenvalue weighted by atomic mass is 9.90. The number of aliphatic carboxylic acids is 1. The SMILES string of the molecule is O=C(O)C1CC12CCN(C(=O)c1ccc3c(c1)OCO3)CC2. The van der Waals surface area contributed by atoms with Gasteiger partial charge in [-0.15, -0.1) is 0 Å². The maximum absolute atomic E-state index is 12.6. The second kappa shape index (κ2) is 4.63. The maximum Gasteiger partial charge on any atom is 0.307 e. The number of piperidine rings is 1. The normalized spacial score (nSPS) is 24.4. The summed E-state index contributed by atoms with van der Waals surface area (Å²) in [5.74, 6) is 0.329. The molecular weight excluding hydrogens is 286 g/mol. The molecule has 1 aliphatic carbocycles. The highest BCUT2D eigenvalue weighted by molar-refractivity contribution is 5.95. The Morgan fingerprint density at radius 3 is 2.59 bits per heavy atom. The third-order valence-corrected chi connectivity index (χ3v) is 5.15. The highest BCUT2D eigenvalue weighted by atomic mass is 16.7. The minimum absolute atomic E-state index is 0.0272. The highest BCUT2D eigenvalue weighted by Crippen LogP contribution is 2.59. The molecule has 6 heteroatoms. The van der Waals surface area contributed by atoms with E-state index in [2.05, 4.69) is 0 Å². The monoisotopic (exact) mass is 303 g/mol. The van der Waals surface area contributed by atoms with Crippen molar-refractivity contribution in [3.05, 3.63) is 23.8 Å². The van der Waals surface area contributed by atoms with Crippen LogP contribution in [0.5, 0.6) is 11.5 Å². The van der Waals surface area contributed by atoms with Crippen molar-refractivity contribution in [3.63, 3.8) is 0 Å². The molecule has 1 unspecified atom stereocenters. The van der Waals surface area contributed by atoms with Crippen LogP contribution in [0.2, 0.25) is 0 Å². The predicted octanol–water partition coefficient (Wildman–Crippen LogP) is 1.74. The number of nitrogens with zero attached hydrogens (tertiary/aromatic N) is 1. The Bertz CT molecular complexity index is 648. The minimum Gasteiger partial charge on any atom is -0.481 e. The smallest absolute Gasteiger partial charge is 0.307 e. The fourth-order valence-electron chi connectivity index (χ4n) is 3.62. The van der Waals surface area contributed by atoms with E-state index in [1.165, 1.54) is 0 Å². The molecule has 3 aliphatic rings. The van der Waals surface area contributed by atoms with Gasteiger partial charge in [0, 0.05) is 18.7 Å². The van der Waals surface area contributed by atoms with E-state index in [1.54, 1.807) is 23.1 Å². The number of carboxylic acids is 1. The number of carboxylic acid groups (broad SMARTS) is 1. The van der Waals surface area contributed by atoms with Crippen LogP contribution < -0.4 is 9.47 Å². The third-order valence-electron chi connectivity index (χ3n) is 5.15. The molecule has 0 radical (unpaired) electrons. The van der Waals surface area contributed by atoms with E-state index in [0.29, 0.717) is 30.2 Å². The van der Waals surface area contributed by atoms with E-state index >= 15 is 0 Å². The van der Waals surface area contributed by atoms with Gasteiger partial charge < -0.3 is 19.5 Å². The molecule has 2 heterocycles. The zero-order valence-electron chi connectivity index (χ0n) is 12.1. The van der Waals surface area contributed by atoms with E-state index in [-0.39, 0.29) is 24.0 Å². The van der Waals surface area contributed by atoms with Crippen molar-refractivity contribution in [2.75, 3.05) is 19.9 Å². The molecule has 6 nitrogen and oxygen atoms in total. The fourth-order valence-corrected chi connectivity index (χ4v) is 3.62. The van der Waals surface area contributed by atoms with Crippen LogP contribution >= 0.6 is 0 Å². The molecule has 1 amide bonds. The van der Waals surface area contributed by atoms with Crippen molar-refractivity contribution in [3.8, 4) is 11.5 Å². The molecule has 2 aliphatic heterocycles. The molecule has 1 aromatic carbocycles. The van der Waals surface area contributed by atoms with Crippen molar-refractivity contribution in [2.24, 2.45) is 11.3 Å². The van der Waals surface area contributed by atoms with Crippen LogP contribution in [-0.2, 0) is 4.79 Å². The molecule has 116 valence electrons. The minimum atomic E-state index is -0.699. The molecule has 1 aromatic rings. The number of amides is 1. The van der Waals surface area contributed by atoms with Crippen molar-refractivity contribution < 1.29 is 24.2 Å². The van der Waals surface area contributed by atoms with Gasteiger partial charge in [0.05, 0.1) is 5.92 Å². The maximum atomic E-state index is 12.6. The topological polar surface area (TPSA) is 76.1 Å². The molecule has 2 fully saturated rings. The highest BCUT2D eigenvalue weighted by Gasteiger charge is 2.59. The molecule has 1 N–H and O–H groups in total. The van der Waals surface area contributed by atoms with Gasteiger partial charge in [0.15, 0.2) is 11.5 Å². The molecule has 4 rings (SSSR count). The van der Waals surface area contributed by atoms with Crippen molar-refractivity contribution in [2.45, 2.75) is 19.3 Å². The van der Waals surface area contributed by atoms with Crippen LogP contribution in [-0.4, -0.2) is 41.8 Å². The summed E-state index contributed by atoms with van der Waals surface area (Å²) in [6.07, 6.45) is 2.31. The van der Waals surface area contributed by atoms with Crippen LogP contribution in [0, 0.1) is 11.3 Å². The van der Waals surface area contributed by atoms with Crippen LogP contribution in [0.3, 0.4) is 0 Å². The molecule has 1 atom stereocenters. The number of hydrogen-bond acceptors (Lipinski definition) is 4. The van der Waals surface area contributed by atoms with Gasteiger partial charge in [0.1, 0.15) is 0 Å². The number of likely N-dealkylation sites (tertiary alicyclic amines) is 1. The Morgan fingerprint density at radius 1 is 1.18 bits per heavy atom. The molecular formula is C16H17NO5. The van der Waals surface area contributed by atoms with E-state index in [9.17, 15) is 9.59 Å². The van der Waals surface area contributed by atoms with E-state index in [4.69, 9.17) is 14.6 Å². The molecule has 1 saturated heterocycles. The van der Waals surface area contributed by atoms with Gasteiger partial charge in [-0.25, -0.2) is 0 Å². The van der Waals surface area contributed by atoms with E-state index < -0.39 is 5.97 Å². The Kier molecular flexibility index (Phi) is 2.82. The second-order valence-corrected chi connectivity index (χ2v) is 6.32. The van der Waals surface area contributed by atoms with Gasteiger partial charge in [-0.3, -0.25) is 9.59 Å². The van der Waals surface area contributed by atoms with Gasteiger partial charge in [0.25, 0.3) is 5.91 Å². The molecule has 1 spiro atoms. The molecule has 0 aromatic heterocycles. The first-order valence-corrected chi connectivity index (χ1v) is 7.51. The second-order valence-electron chi connectivity index (χ2n) is 6.32. The summed E-state index contributed by atoms with van der Waals surface area (Å²) in [4.78, 5) is 25.4. The summed E-state index contributed by atoms with van der Waals surface area (Å²) in [5, 5.41) is 9.11. The number of carbonyl (C=O) groups is 2. The first-order valence-electron chi connectivity index (χ1n) is 7.51. The van der Waals surface area contributed by atoms with Crippen molar-refractivity contribution >= 4 is 11.9 Å². The number of rotatable bonds is 2. The van der Waals surface area contributed by atoms with Gasteiger partial charge in [-0.2, -0.15) is 0 Å². The lowest BCUT2D eigenvalue weighted by molar-refractivity contribution is -0.139. The number of fused-ring (bicyclic) bond motifs is 1.